The van der Waals surface area contributed by atoms with E-state index in [4.69, 9.17) is 9.84 Å². The molecule has 0 aliphatic carbocycles. The van der Waals surface area contributed by atoms with Crippen molar-refractivity contribution < 1.29 is 9.84 Å². The van der Waals surface area contributed by atoms with E-state index in [0.717, 1.165) is 13.2 Å². The lowest BCUT2D eigenvalue weighted by molar-refractivity contribution is 0.198. The molecule has 0 atom stereocenters. The Morgan fingerprint density at radius 3 is 1.45 bits per heavy atom. The van der Waals surface area contributed by atoms with Crippen molar-refractivity contribution in [2.75, 3.05) is 13.2 Å². The minimum Gasteiger partial charge on any atom is -0.394 e. The Morgan fingerprint density at radius 1 is 1.09 bits per heavy atom. The van der Waals surface area contributed by atoms with Crippen molar-refractivity contribution >= 4 is 0 Å². The summed E-state index contributed by atoms with van der Waals surface area (Å²) in [5.41, 5.74) is 0. The van der Waals surface area contributed by atoms with Gasteiger partial charge in [-0.15, -0.1) is 0 Å². The van der Waals surface area contributed by atoms with Crippen LogP contribution in [0.2, 0.25) is 0 Å². The van der Waals surface area contributed by atoms with Crippen LogP contribution in [-0.2, 0) is 4.74 Å². The number of ether oxygens (including phenoxy) is 1. The molecule has 0 unspecified atom stereocenters. The van der Waals surface area contributed by atoms with Crippen LogP contribution in [0.1, 0.15) is 40.5 Å². The topological polar surface area (TPSA) is 29.5 Å². The van der Waals surface area contributed by atoms with Crippen molar-refractivity contribution in [1.82, 2.24) is 0 Å². The van der Waals surface area contributed by atoms with Gasteiger partial charge in [-0.3, -0.25) is 0 Å². The van der Waals surface area contributed by atoms with Gasteiger partial charge in [-0.05, 0) is 26.7 Å². The summed E-state index contributed by atoms with van der Waals surface area (Å²) in [6.45, 7) is 9.44. The van der Waals surface area contributed by atoms with Crippen LogP contribution in [0, 0.1) is 0 Å². The molecule has 1 N–H and O–H groups in total. The molecule has 1 aliphatic heterocycles. The maximum atomic E-state index is 8.06. The van der Waals surface area contributed by atoms with Crippen LogP contribution < -0.4 is 0 Å². The molecule has 2 nitrogen and oxygen atoms in total. The first-order chi connectivity index (χ1) is 5.23. The Morgan fingerprint density at radius 2 is 1.36 bits per heavy atom. The molecule has 1 heterocycles. The summed E-state index contributed by atoms with van der Waals surface area (Å²) in [6, 6.07) is 0. The predicted molar refractivity (Wildman–Crippen MR) is 48.8 cm³/mol. The number of rotatable bonds is 0. The van der Waals surface area contributed by atoms with Gasteiger partial charge in [0.25, 0.3) is 0 Å². The van der Waals surface area contributed by atoms with E-state index in [1.54, 1.807) is 13.8 Å². The van der Waals surface area contributed by atoms with Crippen LogP contribution in [0.5, 0.6) is 0 Å². The van der Waals surface area contributed by atoms with Crippen molar-refractivity contribution in [2.45, 2.75) is 46.6 Å². The van der Waals surface area contributed by atoms with Gasteiger partial charge in [-0.25, -0.2) is 0 Å². The van der Waals surface area contributed by atoms with E-state index < -0.39 is 0 Å². The van der Waals surface area contributed by atoms with Crippen molar-refractivity contribution in [3.8, 4) is 0 Å². The highest BCUT2D eigenvalue weighted by molar-refractivity contribution is 4.43. The van der Waals surface area contributed by atoms with Gasteiger partial charge in [0.1, 0.15) is 0 Å². The van der Waals surface area contributed by atoms with Gasteiger partial charge in [0.15, 0.2) is 0 Å². The Labute approximate surface area is 70.6 Å². The molecule has 1 saturated heterocycles. The minimum absolute atomic E-state index is 0.167. The van der Waals surface area contributed by atoms with Gasteiger partial charge in [0.05, 0.1) is 0 Å². The highest BCUT2D eigenvalue weighted by Gasteiger charge is 1.94. The third-order valence-electron chi connectivity index (χ3n) is 0.827. The molecule has 2 heteroatoms. The Bertz CT molecular complexity index is 39.2. The normalized spacial score (nSPS) is 14.7. The molecule has 0 saturated carbocycles. The van der Waals surface area contributed by atoms with Crippen molar-refractivity contribution in [3.63, 3.8) is 0 Å². The van der Waals surface area contributed by atoms with Crippen LogP contribution in [0.4, 0.5) is 0 Å². The molecule has 0 radical (unpaired) electrons. The minimum atomic E-state index is -0.167. The lowest BCUT2D eigenvalue weighted by Crippen LogP contribution is -1.85. The first kappa shape index (κ1) is 13.5. The van der Waals surface area contributed by atoms with E-state index in [-0.39, 0.29) is 6.10 Å². The molecule has 1 aliphatic rings. The molecule has 0 spiro atoms. The second kappa shape index (κ2) is 12.6. The van der Waals surface area contributed by atoms with Gasteiger partial charge < -0.3 is 9.84 Å². The van der Waals surface area contributed by atoms with Crippen molar-refractivity contribution in [2.24, 2.45) is 0 Å². The Hall–Kier alpha value is -0.0800. The summed E-state index contributed by atoms with van der Waals surface area (Å²) >= 11 is 0. The van der Waals surface area contributed by atoms with Crippen LogP contribution in [0.25, 0.3) is 0 Å². The van der Waals surface area contributed by atoms with E-state index in [1.165, 1.54) is 12.8 Å². The standard InChI is InChI=1S/C4H8O.C3H8O.C2H6/c1-2-4-5-3-1;1-3(2)4;1-2/h1-4H2;3-4H,1-2H3;1-2H3. The Kier molecular flexibility index (Phi) is 15.4. The molecule has 1 rings (SSSR count). The second-order valence-corrected chi connectivity index (χ2v) is 2.41. The van der Waals surface area contributed by atoms with E-state index >= 15 is 0 Å². The zero-order chi connectivity index (χ0) is 9.11. The molecule has 0 aromatic rings. The first-order valence-corrected chi connectivity index (χ1v) is 4.49. The largest absolute Gasteiger partial charge is 0.394 e. The SMILES string of the molecule is C1CCOC1.CC.CC(C)O. The summed E-state index contributed by atoms with van der Waals surface area (Å²) < 4.78 is 4.94. The molecular weight excluding hydrogens is 140 g/mol. The Balaban J connectivity index is 0. The van der Waals surface area contributed by atoms with E-state index in [1.807, 2.05) is 13.8 Å². The maximum absolute atomic E-state index is 8.06. The van der Waals surface area contributed by atoms with E-state index in [9.17, 15) is 0 Å². The third-order valence-corrected chi connectivity index (χ3v) is 0.827. The summed E-state index contributed by atoms with van der Waals surface area (Å²) in [7, 11) is 0. The van der Waals surface area contributed by atoms with Crippen LogP contribution >= 0.6 is 0 Å². The molecule has 0 aromatic heterocycles. The van der Waals surface area contributed by atoms with Gasteiger partial charge in [-0.2, -0.15) is 0 Å². The average Bonchev–Trinajstić information content (AvgIpc) is 2.44. The summed E-state index contributed by atoms with van der Waals surface area (Å²) in [4.78, 5) is 0. The number of hydrogen-bond donors (Lipinski definition) is 1. The zero-order valence-corrected chi connectivity index (χ0v) is 8.26. The second-order valence-electron chi connectivity index (χ2n) is 2.41. The van der Waals surface area contributed by atoms with Crippen LogP contribution in [0.15, 0.2) is 0 Å². The predicted octanol–water partition coefficient (Wildman–Crippen LogP) is 2.21. The summed E-state index contributed by atoms with van der Waals surface area (Å²) in [5, 5.41) is 8.06. The van der Waals surface area contributed by atoms with Crippen molar-refractivity contribution in [3.05, 3.63) is 0 Å². The van der Waals surface area contributed by atoms with E-state index in [2.05, 4.69) is 0 Å². The molecule has 0 aromatic carbocycles. The molecule has 11 heavy (non-hydrogen) atoms. The first-order valence-electron chi connectivity index (χ1n) is 4.49. The average molecular weight is 162 g/mol. The third kappa shape index (κ3) is 25.7. The van der Waals surface area contributed by atoms with Crippen LogP contribution in [-0.4, -0.2) is 24.4 Å². The number of hydrogen-bond acceptors (Lipinski definition) is 2. The smallest absolute Gasteiger partial charge is 0.0483 e. The maximum Gasteiger partial charge on any atom is 0.0483 e. The van der Waals surface area contributed by atoms with Gasteiger partial charge in [0, 0.05) is 19.3 Å². The number of aliphatic hydroxyl groups excluding tert-OH is 1. The monoisotopic (exact) mass is 162 g/mol. The number of aliphatic hydroxyl groups is 1. The van der Waals surface area contributed by atoms with Gasteiger partial charge in [-0.1, -0.05) is 13.8 Å². The highest BCUT2D eigenvalue weighted by atomic mass is 16.5. The lowest BCUT2D eigenvalue weighted by atomic mass is 10.4. The lowest BCUT2D eigenvalue weighted by Gasteiger charge is -1.80. The fourth-order valence-corrected chi connectivity index (χ4v) is 0.510. The summed E-state index contributed by atoms with van der Waals surface area (Å²) in [5.74, 6) is 0. The van der Waals surface area contributed by atoms with Gasteiger partial charge >= 0.3 is 0 Å². The quantitative estimate of drug-likeness (QED) is 0.591. The van der Waals surface area contributed by atoms with Gasteiger partial charge in [0.2, 0.25) is 0 Å². The molecule has 0 amide bonds. The van der Waals surface area contributed by atoms with Crippen molar-refractivity contribution in [1.29, 1.82) is 0 Å². The summed E-state index contributed by atoms with van der Waals surface area (Å²) in [6.07, 6.45) is 2.39. The van der Waals surface area contributed by atoms with E-state index in [0.29, 0.717) is 0 Å². The molecule has 0 bridgehead atoms. The molecular formula is C9H22O2. The van der Waals surface area contributed by atoms with Crippen LogP contribution in [0.3, 0.4) is 0 Å². The highest BCUT2D eigenvalue weighted by Crippen LogP contribution is 1.98. The fourth-order valence-electron chi connectivity index (χ4n) is 0.510. The fraction of sp³-hybridized carbons (Fsp3) is 1.00. The molecule has 1 fully saturated rings. The molecule has 70 valence electrons. The zero-order valence-electron chi connectivity index (χ0n) is 8.26.